The zero-order valence-electron chi connectivity index (χ0n) is 11.2. The first-order chi connectivity index (χ1) is 10.1. The van der Waals surface area contributed by atoms with E-state index in [4.69, 9.17) is 14.2 Å². The van der Waals surface area contributed by atoms with E-state index in [1.165, 1.54) is 0 Å². The van der Waals surface area contributed by atoms with Crippen LogP contribution in [-0.4, -0.2) is 18.7 Å². The highest BCUT2D eigenvalue weighted by atomic mass is 79.9. The SMILES string of the molecule is COc1ccc2c(c1)C(=O)[C@]1(Cc3cc(Br)ccc3O1)O2. The van der Waals surface area contributed by atoms with E-state index >= 15 is 0 Å². The zero-order valence-corrected chi connectivity index (χ0v) is 12.8. The predicted octanol–water partition coefficient (Wildman–Crippen LogP) is 3.36. The molecular weight excluding hydrogens is 336 g/mol. The molecule has 5 heteroatoms. The Kier molecular flexibility index (Phi) is 2.57. The maximum Gasteiger partial charge on any atom is 0.320 e. The molecule has 106 valence electrons. The van der Waals surface area contributed by atoms with Gasteiger partial charge in [0.2, 0.25) is 0 Å². The van der Waals surface area contributed by atoms with E-state index < -0.39 is 5.79 Å². The molecule has 0 saturated carbocycles. The molecule has 0 aromatic heterocycles. The standard InChI is InChI=1S/C16H11BrO4/c1-19-11-3-5-14-12(7-11)15(18)16(21-14)8-9-6-10(17)2-4-13(9)20-16/h2-7H,8H2,1H3/t16-/m0/s1. The molecule has 0 amide bonds. The lowest BCUT2D eigenvalue weighted by Crippen LogP contribution is -2.44. The van der Waals surface area contributed by atoms with Crippen LogP contribution in [-0.2, 0) is 6.42 Å². The van der Waals surface area contributed by atoms with Crippen molar-refractivity contribution in [3.8, 4) is 17.2 Å². The van der Waals surface area contributed by atoms with Crippen LogP contribution in [0.25, 0.3) is 0 Å². The maximum absolute atomic E-state index is 12.7. The Balaban J connectivity index is 1.75. The minimum Gasteiger partial charge on any atom is -0.497 e. The van der Waals surface area contributed by atoms with Crippen LogP contribution in [0.2, 0.25) is 0 Å². The quantitative estimate of drug-likeness (QED) is 0.794. The molecule has 1 atom stereocenters. The molecule has 2 aromatic rings. The van der Waals surface area contributed by atoms with Crippen molar-refractivity contribution in [3.63, 3.8) is 0 Å². The van der Waals surface area contributed by atoms with Gasteiger partial charge in [-0.15, -0.1) is 0 Å². The van der Waals surface area contributed by atoms with E-state index in [9.17, 15) is 4.79 Å². The van der Waals surface area contributed by atoms with E-state index in [1.807, 2.05) is 18.2 Å². The number of fused-ring (bicyclic) bond motifs is 2. The fraction of sp³-hybridized carbons (Fsp3) is 0.188. The van der Waals surface area contributed by atoms with E-state index in [2.05, 4.69) is 15.9 Å². The summed E-state index contributed by atoms with van der Waals surface area (Å²) in [5, 5.41) is 0. The number of halogens is 1. The van der Waals surface area contributed by atoms with Gasteiger partial charge in [0.25, 0.3) is 5.78 Å². The molecule has 0 N–H and O–H groups in total. The highest BCUT2D eigenvalue weighted by molar-refractivity contribution is 9.10. The zero-order chi connectivity index (χ0) is 14.6. The summed E-state index contributed by atoms with van der Waals surface area (Å²) in [7, 11) is 1.57. The van der Waals surface area contributed by atoms with E-state index in [0.29, 0.717) is 29.2 Å². The highest BCUT2D eigenvalue weighted by Crippen LogP contribution is 2.45. The van der Waals surface area contributed by atoms with Crippen LogP contribution in [0.5, 0.6) is 17.2 Å². The van der Waals surface area contributed by atoms with Crippen LogP contribution >= 0.6 is 15.9 Å². The molecule has 0 bridgehead atoms. The lowest BCUT2D eigenvalue weighted by molar-refractivity contribution is -0.0531. The van der Waals surface area contributed by atoms with Gasteiger partial charge in [-0.3, -0.25) is 4.79 Å². The molecule has 0 saturated heterocycles. The van der Waals surface area contributed by atoms with Gasteiger partial charge in [-0.25, -0.2) is 0 Å². The second-order valence-corrected chi connectivity index (χ2v) is 5.99. The molecule has 0 radical (unpaired) electrons. The molecule has 2 aliphatic rings. The summed E-state index contributed by atoms with van der Waals surface area (Å²) >= 11 is 3.43. The van der Waals surface area contributed by atoms with Crippen molar-refractivity contribution in [1.82, 2.24) is 0 Å². The van der Waals surface area contributed by atoms with Crippen LogP contribution in [0.3, 0.4) is 0 Å². The Labute approximate surface area is 129 Å². The summed E-state index contributed by atoms with van der Waals surface area (Å²) in [6.07, 6.45) is 0.400. The number of methoxy groups -OCH3 is 1. The number of carbonyl (C=O) groups is 1. The largest absolute Gasteiger partial charge is 0.497 e. The Morgan fingerprint density at radius 1 is 1.14 bits per heavy atom. The Morgan fingerprint density at radius 3 is 2.71 bits per heavy atom. The summed E-state index contributed by atoms with van der Waals surface area (Å²) in [5.74, 6) is 0.418. The minimum atomic E-state index is -1.27. The van der Waals surface area contributed by atoms with Crippen LogP contribution in [0.4, 0.5) is 0 Å². The van der Waals surface area contributed by atoms with E-state index in [0.717, 1.165) is 10.0 Å². The molecule has 0 fully saturated rings. The number of Topliss-reactive ketones (excluding diaryl/α,β-unsaturated/α-hetero) is 1. The molecule has 4 rings (SSSR count). The molecule has 1 spiro atoms. The lowest BCUT2D eigenvalue weighted by Gasteiger charge is -2.20. The number of hydrogen-bond acceptors (Lipinski definition) is 4. The Hall–Kier alpha value is -2.01. The number of ether oxygens (including phenoxy) is 3. The number of hydrogen-bond donors (Lipinski definition) is 0. The lowest BCUT2D eigenvalue weighted by atomic mass is 10.0. The van der Waals surface area contributed by atoms with Gasteiger partial charge in [-0.1, -0.05) is 15.9 Å². The summed E-state index contributed by atoms with van der Waals surface area (Å²) in [5.41, 5.74) is 1.46. The summed E-state index contributed by atoms with van der Waals surface area (Å²) in [6.45, 7) is 0. The van der Waals surface area contributed by atoms with Gasteiger partial charge in [0.15, 0.2) is 0 Å². The summed E-state index contributed by atoms with van der Waals surface area (Å²) in [6, 6.07) is 10.9. The van der Waals surface area contributed by atoms with Crippen LogP contribution < -0.4 is 14.2 Å². The third kappa shape index (κ3) is 1.77. The van der Waals surface area contributed by atoms with Crippen LogP contribution in [0.1, 0.15) is 15.9 Å². The Morgan fingerprint density at radius 2 is 1.90 bits per heavy atom. The first-order valence-corrected chi connectivity index (χ1v) is 7.30. The third-order valence-corrected chi connectivity index (χ3v) is 4.27. The average Bonchev–Trinajstić information content (AvgIpc) is 2.97. The first-order valence-electron chi connectivity index (χ1n) is 6.51. The normalized spacial score (nSPS) is 21.7. The molecule has 2 aliphatic heterocycles. The number of rotatable bonds is 1. The first kappa shape index (κ1) is 12.7. The number of carbonyl (C=O) groups excluding carboxylic acids is 1. The van der Waals surface area contributed by atoms with Crippen LogP contribution in [0, 0.1) is 0 Å². The number of ketones is 1. The second kappa shape index (κ2) is 4.24. The topological polar surface area (TPSA) is 44.8 Å². The van der Waals surface area contributed by atoms with Gasteiger partial charge < -0.3 is 14.2 Å². The van der Waals surface area contributed by atoms with Gasteiger partial charge in [0, 0.05) is 10.0 Å². The molecule has 0 aliphatic carbocycles. The van der Waals surface area contributed by atoms with Crippen LogP contribution in [0.15, 0.2) is 40.9 Å². The fourth-order valence-corrected chi connectivity index (χ4v) is 3.17. The highest BCUT2D eigenvalue weighted by Gasteiger charge is 2.54. The molecule has 4 nitrogen and oxygen atoms in total. The molecular formula is C16H11BrO4. The van der Waals surface area contributed by atoms with Gasteiger partial charge in [0.05, 0.1) is 19.1 Å². The molecule has 2 heterocycles. The molecule has 21 heavy (non-hydrogen) atoms. The predicted molar refractivity (Wildman–Crippen MR) is 79.2 cm³/mol. The van der Waals surface area contributed by atoms with Crippen molar-refractivity contribution in [2.24, 2.45) is 0 Å². The van der Waals surface area contributed by atoms with Gasteiger partial charge in [-0.05, 0) is 36.4 Å². The fourth-order valence-electron chi connectivity index (χ4n) is 2.77. The van der Waals surface area contributed by atoms with Gasteiger partial charge in [-0.2, -0.15) is 0 Å². The average molecular weight is 347 g/mol. The second-order valence-electron chi connectivity index (χ2n) is 5.08. The third-order valence-electron chi connectivity index (χ3n) is 3.77. The molecule has 2 aromatic carbocycles. The van der Waals surface area contributed by atoms with Gasteiger partial charge in [0.1, 0.15) is 17.2 Å². The monoisotopic (exact) mass is 346 g/mol. The number of benzene rings is 2. The van der Waals surface area contributed by atoms with Crippen molar-refractivity contribution in [1.29, 1.82) is 0 Å². The van der Waals surface area contributed by atoms with Crippen molar-refractivity contribution < 1.29 is 19.0 Å². The summed E-state index contributed by atoms with van der Waals surface area (Å²) in [4.78, 5) is 12.7. The van der Waals surface area contributed by atoms with Crippen molar-refractivity contribution in [2.45, 2.75) is 12.2 Å². The van der Waals surface area contributed by atoms with Crippen molar-refractivity contribution in [3.05, 3.63) is 52.0 Å². The maximum atomic E-state index is 12.7. The van der Waals surface area contributed by atoms with Crippen molar-refractivity contribution in [2.75, 3.05) is 7.11 Å². The van der Waals surface area contributed by atoms with Gasteiger partial charge >= 0.3 is 5.79 Å². The van der Waals surface area contributed by atoms with Crippen molar-refractivity contribution >= 4 is 21.7 Å². The Bertz CT molecular complexity index is 771. The van der Waals surface area contributed by atoms with E-state index in [-0.39, 0.29) is 5.78 Å². The molecule has 0 unspecified atom stereocenters. The summed E-state index contributed by atoms with van der Waals surface area (Å²) < 4.78 is 17.8. The smallest absolute Gasteiger partial charge is 0.320 e. The minimum absolute atomic E-state index is 0.163. The van der Waals surface area contributed by atoms with E-state index in [1.54, 1.807) is 25.3 Å².